The number of ether oxygens (including phenoxy) is 1. The van der Waals surface area contributed by atoms with E-state index in [-0.39, 0.29) is 11.7 Å². The lowest BCUT2D eigenvalue weighted by molar-refractivity contribution is -0.136. The van der Waals surface area contributed by atoms with E-state index in [4.69, 9.17) is 17.0 Å². The number of aromatic hydroxyl groups is 1. The molecule has 1 aliphatic heterocycles. The van der Waals surface area contributed by atoms with Crippen LogP contribution in [0.25, 0.3) is 0 Å². The van der Waals surface area contributed by atoms with Gasteiger partial charge >= 0.3 is 5.97 Å². The van der Waals surface area contributed by atoms with Crippen LogP contribution in [0.15, 0.2) is 23.4 Å². The number of nitrogens with one attached hydrogen (secondary N) is 1. The average Bonchev–Trinajstić information content (AvgIpc) is 2.54. The number of methoxy groups -OCH3 is 1. The summed E-state index contributed by atoms with van der Waals surface area (Å²) >= 11 is 5.49. The molecule has 0 saturated carbocycles. The number of rotatable bonds is 4. The SMILES string of the molecule is CCCN1C(=S)N[C@@H](c2cc(C)c(O)c(C)c2)C(C(=O)OC)=C1C. The highest BCUT2D eigenvalue weighted by Gasteiger charge is 2.34. The zero-order valence-corrected chi connectivity index (χ0v) is 15.6. The fourth-order valence-electron chi connectivity index (χ4n) is 3.05. The minimum Gasteiger partial charge on any atom is -0.507 e. The quantitative estimate of drug-likeness (QED) is 0.644. The van der Waals surface area contributed by atoms with Crippen LogP contribution < -0.4 is 5.32 Å². The third-order valence-electron chi connectivity index (χ3n) is 4.30. The van der Waals surface area contributed by atoms with Crippen molar-refractivity contribution in [3.63, 3.8) is 0 Å². The second kappa shape index (κ2) is 7.21. The average molecular weight is 348 g/mol. The van der Waals surface area contributed by atoms with Crippen LogP contribution in [0.1, 0.15) is 43.0 Å². The van der Waals surface area contributed by atoms with E-state index in [1.54, 1.807) is 0 Å². The lowest BCUT2D eigenvalue weighted by Gasteiger charge is -2.37. The Morgan fingerprint density at radius 2 is 1.92 bits per heavy atom. The van der Waals surface area contributed by atoms with Crippen LogP contribution in [-0.2, 0) is 9.53 Å². The molecule has 1 aliphatic rings. The van der Waals surface area contributed by atoms with Gasteiger partial charge in [-0.15, -0.1) is 0 Å². The second-order valence-corrected chi connectivity index (χ2v) is 6.41. The van der Waals surface area contributed by atoms with Crippen LogP contribution in [-0.4, -0.2) is 34.7 Å². The molecule has 0 unspecified atom stereocenters. The van der Waals surface area contributed by atoms with Crippen molar-refractivity contribution in [2.75, 3.05) is 13.7 Å². The van der Waals surface area contributed by atoms with Gasteiger partial charge in [-0.25, -0.2) is 4.79 Å². The predicted octanol–water partition coefficient (Wildman–Crippen LogP) is 3.10. The minimum atomic E-state index is -0.393. The smallest absolute Gasteiger partial charge is 0.337 e. The van der Waals surface area contributed by atoms with Gasteiger partial charge in [-0.3, -0.25) is 0 Å². The molecule has 0 amide bonds. The topological polar surface area (TPSA) is 61.8 Å². The molecule has 0 aliphatic carbocycles. The zero-order chi connectivity index (χ0) is 18.0. The number of allylic oxidation sites excluding steroid dienone is 1. The molecule has 0 spiro atoms. The van der Waals surface area contributed by atoms with Crippen LogP contribution in [0.3, 0.4) is 0 Å². The number of carbonyl (C=O) groups is 1. The molecule has 0 radical (unpaired) electrons. The maximum absolute atomic E-state index is 12.4. The third kappa shape index (κ3) is 3.24. The molecule has 0 saturated heterocycles. The molecule has 1 heterocycles. The number of hydrogen-bond donors (Lipinski definition) is 2. The summed E-state index contributed by atoms with van der Waals surface area (Å²) in [6.45, 7) is 8.36. The van der Waals surface area contributed by atoms with Crippen LogP contribution in [0, 0.1) is 13.8 Å². The lowest BCUT2D eigenvalue weighted by Crippen LogP contribution is -2.48. The van der Waals surface area contributed by atoms with Gasteiger partial charge in [-0.05, 0) is 68.2 Å². The number of aryl methyl sites for hydroxylation is 2. The van der Waals surface area contributed by atoms with Gasteiger partial charge in [-0.1, -0.05) is 6.92 Å². The van der Waals surface area contributed by atoms with Crippen molar-refractivity contribution in [3.8, 4) is 5.75 Å². The van der Waals surface area contributed by atoms with Crippen molar-refractivity contribution in [2.24, 2.45) is 0 Å². The molecule has 130 valence electrons. The first-order chi connectivity index (χ1) is 11.3. The van der Waals surface area contributed by atoms with E-state index in [1.807, 2.05) is 37.8 Å². The summed E-state index contributed by atoms with van der Waals surface area (Å²) in [6, 6.07) is 3.35. The summed E-state index contributed by atoms with van der Waals surface area (Å²) in [5.74, 6) is -0.109. The van der Waals surface area contributed by atoms with Crippen LogP contribution in [0.4, 0.5) is 0 Å². The maximum atomic E-state index is 12.4. The molecule has 24 heavy (non-hydrogen) atoms. The Balaban J connectivity index is 2.59. The number of esters is 1. The van der Waals surface area contributed by atoms with E-state index in [9.17, 15) is 9.90 Å². The fourth-order valence-corrected chi connectivity index (χ4v) is 3.40. The molecule has 6 heteroatoms. The summed E-state index contributed by atoms with van der Waals surface area (Å²) < 4.78 is 5.00. The first-order valence-electron chi connectivity index (χ1n) is 7.99. The van der Waals surface area contributed by atoms with Crippen LogP contribution >= 0.6 is 12.2 Å². The summed E-state index contributed by atoms with van der Waals surface area (Å²) in [5, 5.41) is 13.9. The second-order valence-electron chi connectivity index (χ2n) is 6.03. The highest BCUT2D eigenvalue weighted by Crippen LogP contribution is 2.34. The largest absolute Gasteiger partial charge is 0.507 e. The van der Waals surface area contributed by atoms with E-state index in [2.05, 4.69) is 12.2 Å². The summed E-state index contributed by atoms with van der Waals surface area (Å²) in [7, 11) is 1.38. The van der Waals surface area contributed by atoms with Gasteiger partial charge in [0.2, 0.25) is 0 Å². The van der Waals surface area contributed by atoms with Crippen LogP contribution in [0.5, 0.6) is 5.75 Å². The normalized spacial score (nSPS) is 17.8. The fraction of sp³-hybridized carbons (Fsp3) is 0.444. The Morgan fingerprint density at radius 3 is 2.42 bits per heavy atom. The molecular weight excluding hydrogens is 324 g/mol. The maximum Gasteiger partial charge on any atom is 0.337 e. The van der Waals surface area contributed by atoms with E-state index >= 15 is 0 Å². The Morgan fingerprint density at radius 1 is 1.33 bits per heavy atom. The highest BCUT2D eigenvalue weighted by molar-refractivity contribution is 7.80. The summed E-state index contributed by atoms with van der Waals surface area (Å²) in [6.07, 6.45) is 0.912. The van der Waals surface area contributed by atoms with Crippen LogP contribution in [0.2, 0.25) is 0 Å². The molecule has 5 nitrogen and oxygen atoms in total. The highest BCUT2D eigenvalue weighted by atomic mass is 32.1. The number of phenolic OH excluding ortho intramolecular Hbond substituents is 1. The van der Waals surface area contributed by atoms with Crippen molar-refractivity contribution in [1.82, 2.24) is 10.2 Å². The van der Waals surface area contributed by atoms with Crippen molar-refractivity contribution < 1.29 is 14.6 Å². The van der Waals surface area contributed by atoms with Gasteiger partial charge < -0.3 is 20.1 Å². The van der Waals surface area contributed by atoms with E-state index < -0.39 is 6.04 Å². The number of benzene rings is 1. The van der Waals surface area contributed by atoms with Gasteiger partial charge in [0.25, 0.3) is 0 Å². The Kier molecular flexibility index (Phi) is 5.49. The van der Waals surface area contributed by atoms with Gasteiger partial charge in [0, 0.05) is 12.2 Å². The standard InChI is InChI=1S/C18H24N2O3S/c1-6-7-20-12(4)14(17(22)23-5)15(19-18(20)24)13-8-10(2)16(21)11(3)9-13/h8-9,15,21H,6-7H2,1-5H3,(H,19,24)/t15-/m0/s1. The van der Waals surface area contributed by atoms with Gasteiger partial charge in [0.15, 0.2) is 5.11 Å². The molecule has 1 aromatic rings. The predicted molar refractivity (Wildman–Crippen MR) is 97.8 cm³/mol. The third-order valence-corrected chi connectivity index (χ3v) is 4.63. The Bertz CT molecular complexity index is 689. The zero-order valence-electron chi connectivity index (χ0n) is 14.8. The van der Waals surface area contributed by atoms with E-state index in [0.717, 1.165) is 35.4 Å². The molecule has 0 fully saturated rings. The lowest BCUT2D eigenvalue weighted by atomic mass is 9.92. The monoisotopic (exact) mass is 348 g/mol. The molecule has 1 aromatic carbocycles. The summed E-state index contributed by atoms with van der Waals surface area (Å²) in [5.41, 5.74) is 3.75. The number of hydrogen-bond acceptors (Lipinski definition) is 4. The van der Waals surface area contributed by atoms with Crippen molar-refractivity contribution in [3.05, 3.63) is 40.1 Å². The van der Waals surface area contributed by atoms with E-state index in [1.165, 1.54) is 7.11 Å². The molecule has 2 rings (SSSR count). The molecule has 2 N–H and O–H groups in total. The van der Waals surface area contributed by atoms with Crippen molar-refractivity contribution in [2.45, 2.75) is 40.2 Å². The number of thiocarbonyl (C=S) groups is 1. The molecule has 0 bridgehead atoms. The van der Waals surface area contributed by atoms with Gasteiger partial charge in [-0.2, -0.15) is 0 Å². The number of phenols is 1. The minimum absolute atomic E-state index is 0.269. The first kappa shape index (κ1) is 18.3. The number of nitrogens with zero attached hydrogens (tertiary/aromatic N) is 1. The van der Waals surface area contributed by atoms with Crippen molar-refractivity contribution in [1.29, 1.82) is 0 Å². The number of carbonyl (C=O) groups excluding carboxylic acids is 1. The van der Waals surface area contributed by atoms with E-state index in [0.29, 0.717) is 10.7 Å². The first-order valence-corrected chi connectivity index (χ1v) is 8.39. The Labute approximate surface area is 148 Å². The molecule has 1 atom stereocenters. The summed E-state index contributed by atoms with van der Waals surface area (Å²) in [4.78, 5) is 14.3. The molecule has 0 aromatic heterocycles. The van der Waals surface area contributed by atoms with Crippen molar-refractivity contribution >= 4 is 23.3 Å². The Hall–Kier alpha value is -2.08. The van der Waals surface area contributed by atoms with Gasteiger partial charge in [0.1, 0.15) is 5.75 Å². The molecular formula is C18H24N2O3S. The van der Waals surface area contributed by atoms with Gasteiger partial charge in [0.05, 0.1) is 18.7 Å².